The van der Waals surface area contributed by atoms with Crippen molar-refractivity contribution < 1.29 is 18.7 Å². The molecule has 4 nitrogen and oxygen atoms in total. The molecule has 0 saturated heterocycles. The highest BCUT2D eigenvalue weighted by atomic mass is 79.9. The number of ketones is 1. The number of benzene rings is 2. The minimum atomic E-state index is -0.623. The van der Waals surface area contributed by atoms with Gasteiger partial charge in [0.15, 0.2) is 12.4 Å². The maximum absolute atomic E-state index is 12.5. The molecular formula is C24H23BrO4. The fourth-order valence-corrected chi connectivity index (χ4v) is 4.41. The van der Waals surface area contributed by atoms with E-state index in [9.17, 15) is 9.59 Å². The predicted octanol–water partition coefficient (Wildman–Crippen LogP) is 6.59. The maximum atomic E-state index is 12.5. The van der Waals surface area contributed by atoms with E-state index in [-0.39, 0.29) is 18.2 Å². The van der Waals surface area contributed by atoms with Gasteiger partial charge in [-0.2, -0.15) is 0 Å². The van der Waals surface area contributed by atoms with E-state index >= 15 is 0 Å². The number of rotatable bonds is 5. The van der Waals surface area contributed by atoms with Crippen LogP contribution in [0.15, 0.2) is 51.4 Å². The molecule has 0 aliphatic heterocycles. The van der Waals surface area contributed by atoms with Crippen molar-refractivity contribution in [3.63, 3.8) is 0 Å². The first kappa shape index (κ1) is 19.9. The molecule has 1 fully saturated rings. The topological polar surface area (TPSA) is 56.5 Å². The molecule has 5 heteroatoms. The Hall–Kier alpha value is -2.40. The molecule has 1 aliphatic carbocycles. The lowest BCUT2D eigenvalue weighted by Crippen LogP contribution is -2.14. The molecule has 0 radical (unpaired) electrons. The number of halogens is 1. The van der Waals surface area contributed by atoms with Gasteiger partial charge in [0.05, 0.1) is 0 Å². The van der Waals surface area contributed by atoms with E-state index in [1.165, 1.54) is 37.7 Å². The molecule has 1 aromatic heterocycles. The van der Waals surface area contributed by atoms with E-state index in [4.69, 9.17) is 9.15 Å². The lowest BCUT2D eigenvalue weighted by molar-refractivity contribution is 0.0445. The second kappa shape index (κ2) is 8.54. The number of hydrogen-bond donors (Lipinski definition) is 0. The normalized spacial score (nSPS) is 14.8. The summed E-state index contributed by atoms with van der Waals surface area (Å²) in [6, 6.07) is 13.3. The summed E-state index contributed by atoms with van der Waals surface area (Å²) in [5.74, 6) is -0.104. The van der Waals surface area contributed by atoms with Gasteiger partial charge in [-0.15, -0.1) is 0 Å². The Kier molecular flexibility index (Phi) is 5.86. The van der Waals surface area contributed by atoms with Gasteiger partial charge in [-0.25, -0.2) is 4.79 Å². The lowest BCUT2D eigenvalue weighted by atomic mass is 9.84. The summed E-state index contributed by atoms with van der Waals surface area (Å²) in [4.78, 5) is 24.9. The van der Waals surface area contributed by atoms with Gasteiger partial charge in [0, 0.05) is 21.0 Å². The molecule has 4 rings (SSSR count). The summed E-state index contributed by atoms with van der Waals surface area (Å²) in [5, 5.41) is 0.843. The van der Waals surface area contributed by atoms with E-state index in [0.29, 0.717) is 22.6 Å². The molecule has 0 unspecified atom stereocenters. The van der Waals surface area contributed by atoms with Crippen molar-refractivity contribution in [2.75, 3.05) is 6.61 Å². The quantitative estimate of drug-likeness (QED) is 0.322. The molecule has 0 amide bonds. The highest BCUT2D eigenvalue weighted by Crippen LogP contribution is 2.32. The number of esters is 1. The molecule has 1 aliphatic rings. The number of carbonyl (C=O) groups is 2. The largest absolute Gasteiger partial charge is 0.451 e. The van der Waals surface area contributed by atoms with Crippen molar-refractivity contribution in [3.8, 4) is 0 Å². The van der Waals surface area contributed by atoms with Crippen LogP contribution in [-0.2, 0) is 4.74 Å². The van der Waals surface area contributed by atoms with Crippen molar-refractivity contribution in [3.05, 3.63) is 69.4 Å². The fraction of sp³-hybridized carbons (Fsp3) is 0.333. The summed E-state index contributed by atoms with van der Waals surface area (Å²) >= 11 is 3.42. The van der Waals surface area contributed by atoms with Crippen molar-refractivity contribution in [1.82, 2.24) is 0 Å². The standard InChI is InChI=1S/C24H23BrO4/c1-15-20-13-19(25)11-12-22(20)29-23(15)24(27)28-14-21(26)18-9-7-17(8-10-18)16-5-3-2-4-6-16/h7-13,16H,2-6,14H2,1H3. The van der Waals surface area contributed by atoms with Crippen LogP contribution in [0.5, 0.6) is 0 Å². The Bertz CT molecular complexity index is 1040. The Morgan fingerprint density at radius 1 is 1.07 bits per heavy atom. The average Bonchev–Trinajstić information content (AvgIpc) is 3.08. The summed E-state index contributed by atoms with van der Waals surface area (Å²) in [7, 11) is 0. The summed E-state index contributed by atoms with van der Waals surface area (Å²) in [6.07, 6.45) is 6.32. The average molecular weight is 455 g/mol. The van der Waals surface area contributed by atoms with Crippen molar-refractivity contribution in [2.45, 2.75) is 44.9 Å². The number of aryl methyl sites for hydroxylation is 1. The Morgan fingerprint density at radius 3 is 2.52 bits per heavy atom. The van der Waals surface area contributed by atoms with E-state index in [0.717, 1.165) is 9.86 Å². The van der Waals surface area contributed by atoms with Gasteiger partial charge in [-0.05, 0) is 49.4 Å². The first-order valence-electron chi connectivity index (χ1n) is 10.0. The minimum Gasteiger partial charge on any atom is -0.451 e. The number of furan rings is 1. The zero-order valence-corrected chi connectivity index (χ0v) is 18.0. The summed E-state index contributed by atoms with van der Waals surface area (Å²) < 4.78 is 11.8. The van der Waals surface area contributed by atoms with Gasteiger partial charge in [0.25, 0.3) is 0 Å². The second-order valence-electron chi connectivity index (χ2n) is 7.65. The van der Waals surface area contributed by atoms with Gasteiger partial charge in [0.1, 0.15) is 5.58 Å². The molecule has 0 atom stereocenters. The molecule has 0 spiro atoms. The fourth-order valence-electron chi connectivity index (χ4n) is 4.04. The zero-order chi connectivity index (χ0) is 20.4. The van der Waals surface area contributed by atoms with Crippen LogP contribution in [0.4, 0.5) is 0 Å². The van der Waals surface area contributed by atoms with Gasteiger partial charge < -0.3 is 9.15 Å². The smallest absolute Gasteiger partial charge is 0.375 e. The molecule has 0 N–H and O–H groups in total. The molecule has 1 heterocycles. The van der Waals surface area contributed by atoms with Crippen LogP contribution in [0.3, 0.4) is 0 Å². The molecule has 3 aromatic rings. The Balaban J connectivity index is 1.40. The SMILES string of the molecule is Cc1c(C(=O)OCC(=O)c2ccc(C3CCCCC3)cc2)oc2ccc(Br)cc12. The van der Waals surface area contributed by atoms with Crippen LogP contribution in [0, 0.1) is 6.92 Å². The third-order valence-corrected chi connectivity index (χ3v) is 6.22. The number of hydrogen-bond acceptors (Lipinski definition) is 4. The predicted molar refractivity (Wildman–Crippen MR) is 116 cm³/mol. The Morgan fingerprint density at radius 2 is 1.79 bits per heavy atom. The Labute approximate surface area is 178 Å². The second-order valence-corrected chi connectivity index (χ2v) is 8.57. The van der Waals surface area contributed by atoms with E-state index in [2.05, 4.69) is 15.9 Å². The summed E-state index contributed by atoms with van der Waals surface area (Å²) in [5.41, 5.74) is 3.17. The maximum Gasteiger partial charge on any atom is 0.375 e. The highest BCUT2D eigenvalue weighted by molar-refractivity contribution is 9.10. The van der Waals surface area contributed by atoms with Gasteiger partial charge >= 0.3 is 5.97 Å². The molecule has 0 bridgehead atoms. The third kappa shape index (κ3) is 4.30. The molecule has 150 valence electrons. The lowest BCUT2D eigenvalue weighted by Gasteiger charge is -2.22. The van der Waals surface area contributed by atoms with Crippen LogP contribution in [0.2, 0.25) is 0 Å². The van der Waals surface area contributed by atoms with Gasteiger partial charge in [0.2, 0.25) is 5.76 Å². The van der Waals surface area contributed by atoms with Crippen LogP contribution in [0.25, 0.3) is 11.0 Å². The molecule has 1 saturated carbocycles. The van der Waals surface area contributed by atoms with Crippen molar-refractivity contribution >= 4 is 38.7 Å². The van der Waals surface area contributed by atoms with Crippen molar-refractivity contribution in [1.29, 1.82) is 0 Å². The molecular weight excluding hydrogens is 432 g/mol. The highest BCUT2D eigenvalue weighted by Gasteiger charge is 2.21. The molecule has 2 aromatic carbocycles. The monoisotopic (exact) mass is 454 g/mol. The van der Waals surface area contributed by atoms with Crippen molar-refractivity contribution in [2.24, 2.45) is 0 Å². The number of carbonyl (C=O) groups excluding carboxylic acids is 2. The van der Waals surface area contributed by atoms with E-state index in [1.54, 1.807) is 13.0 Å². The number of Topliss-reactive ketones (excluding diaryl/α,β-unsaturated/α-hetero) is 1. The van der Waals surface area contributed by atoms with Gasteiger partial charge in [-0.3, -0.25) is 4.79 Å². The molecule has 29 heavy (non-hydrogen) atoms. The van der Waals surface area contributed by atoms with Crippen LogP contribution < -0.4 is 0 Å². The first-order valence-corrected chi connectivity index (χ1v) is 10.8. The van der Waals surface area contributed by atoms with Crippen LogP contribution in [-0.4, -0.2) is 18.4 Å². The van der Waals surface area contributed by atoms with Gasteiger partial charge in [-0.1, -0.05) is 59.5 Å². The minimum absolute atomic E-state index is 0.138. The number of ether oxygens (including phenoxy) is 1. The first-order chi connectivity index (χ1) is 14.0. The van der Waals surface area contributed by atoms with E-state index < -0.39 is 5.97 Å². The third-order valence-electron chi connectivity index (χ3n) is 5.73. The van der Waals surface area contributed by atoms with Crippen LogP contribution >= 0.6 is 15.9 Å². The van der Waals surface area contributed by atoms with E-state index in [1.807, 2.05) is 36.4 Å². The van der Waals surface area contributed by atoms with Crippen LogP contribution in [0.1, 0.15) is 70.1 Å². The zero-order valence-electron chi connectivity index (χ0n) is 16.4. The number of fused-ring (bicyclic) bond motifs is 1. The summed E-state index contributed by atoms with van der Waals surface area (Å²) in [6.45, 7) is 1.50.